The molecule has 18 heavy (non-hydrogen) atoms. The largest absolute Gasteiger partial charge is 0.306 e. The van der Waals surface area contributed by atoms with E-state index in [1.807, 2.05) is 4.31 Å². The van der Waals surface area contributed by atoms with E-state index in [9.17, 15) is 4.21 Å². The Labute approximate surface area is 116 Å². The van der Waals surface area contributed by atoms with Crippen LogP contribution in [0.4, 0.5) is 0 Å². The topological polar surface area (TPSA) is 36.4 Å². The number of pyridine rings is 1. The van der Waals surface area contributed by atoms with Gasteiger partial charge in [-0.3, -0.25) is 0 Å². The van der Waals surface area contributed by atoms with Crippen molar-refractivity contribution in [1.29, 1.82) is 0 Å². The molecule has 0 saturated carbocycles. The summed E-state index contributed by atoms with van der Waals surface area (Å²) in [6.45, 7) is 1.72. The summed E-state index contributed by atoms with van der Waals surface area (Å²) in [5.74, 6) is 0. The van der Waals surface area contributed by atoms with E-state index in [4.69, 9.17) is 11.6 Å². The number of hydrogen-bond donors (Lipinski definition) is 0. The van der Waals surface area contributed by atoms with E-state index in [1.165, 1.54) is 0 Å². The average molecular weight is 288 g/mol. The van der Waals surface area contributed by atoms with Crippen molar-refractivity contribution in [2.45, 2.75) is 23.8 Å². The SMILES string of the molecule is CN(C)C1CCN(S(=O)c2ccc(Cl)nc2)CC1. The zero-order chi connectivity index (χ0) is 13.1. The van der Waals surface area contributed by atoms with Gasteiger partial charge in [0.15, 0.2) is 0 Å². The smallest absolute Gasteiger partial charge is 0.129 e. The molecule has 4 nitrogen and oxygen atoms in total. The fourth-order valence-corrected chi connectivity index (χ4v) is 3.42. The van der Waals surface area contributed by atoms with Gasteiger partial charge in [-0.2, -0.15) is 0 Å². The van der Waals surface area contributed by atoms with Gasteiger partial charge < -0.3 is 4.90 Å². The molecule has 2 rings (SSSR count). The molecule has 100 valence electrons. The van der Waals surface area contributed by atoms with Crippen molar-refractivity contribution in [2.75, 3.05) is 27.2 Å². The molecule has 0 N–H and O–H groups in total. The highest BCUT2D eigenvalue weighted by Gasteiger charge is 2.24. The predicted octanol–water partition coefficient (Wildman–Crippen LogP) is 1.78. The molecule has 6 heteroatoms. The quantitative estimate of drug-likeness (QED) is 0.795. The number of nitrogens with zero attached hydrogens (tertiary/aromatic N) is 3. The predicted molar refractivity (Wildman–Crippen MR) is 73.9 cm³/mol. The molecule has 1 aromatic rings. The van der Waals surface area contributed by atoms with Crippen molar-refractivity contribution < 1.29 is 4.21 Å². The van der Waals surface area contributed by atoms with Crippen molar-refractivity contribution >= 4 is 22.6 Å². The lowest BCUT2D eigenvalue weighted by Crippen LogP contribution is -2.42. The molecular formula is C12H18ClN3OS. The number of halogens is 1. The first-order chi connectivity index (χ1) is 8.58. The minimum atomic E-state index is -1.11. The summed E-state index contributed by atoms with van der Waals surface area (Å²) in [7, 11) is 3.08. The minimum Gasteiger partial charge on any atom is -0.306 e. The van der Waals surface area contributed by atoms with Crippen LogP contribution < -0.4 is 0 Å². The van der Waals surface area contributed by atoms with Gasteiger partial charge in [-0.25, -0.2) is 13.5 Å². The van der Waals surface area contributed by atoms with Gasteiger partial charge in [0.25, 0.3) is 0 Å². The van der Waals surface area contributed by atoms with E-state index < -0.39 is 11.0 Å². The van der Waals surface area contributed by atoms with Crippen LogP contribution >= 0.6 is 11.6 Å². The maximum Gasteiger partial charge on any atom is 0.129 e. The van der Waals surface area contributed by atoms with Gasteiger partial charge in [0.05, 0.1) is 4.90 Å². The Morgan fingerprint density at radius 3 is 2.56 bits per heavy atom. The molecule has 1 aliphatic rings. The van der Waals surface area contributed by atoms with E-state index >= 15 is 0 Å². The third-order valence-electron chi connectivity index (χ3n) is 3.29. The second-order valence-corrected chi connectivity index (χ2v) is 6.56. The van der Waals surface area contributed by atoms with E-state index in [-0.39, 0.29) is 0 Å². The first kappa shape index (κ1) is 13.9. The van der Waals surface area contributed by atoms with Crippen LogP contribution in [0, 0.1) is 0 Å². The highest BCUT2D eigenvalue weighted by molar-refractivity contribution is 7.82. The van der Waals surface area contributed by atoms with Crippen LogP contribution in [0.1, 0.15) is 12.8 Å². The van der Waals surface area contributed by atoms with E-state index in [0.717, 1.165) is 30.8 Å². The number of aromatic nitrogens is 1. The van der Waals surface area contributed by atoms with Gasteiger partial charge >= 0.3 is 0 Å². The van der Waals surface area contributed by atoms with Crippen molar-refractivity contribution in [2.24, 2.45) is 0 Å². The van der Waals surface area contributed by atoms with E-state index in [2.05, 4.69) is 24.0 Å². The Hall–Kier alpha value is -0.490. The molecule has 1 unspecified atom stereocenters. The fraction of sp³-hybridized carbons (Fsp3) is 0.583. The van der Waals surface area contributed by atoms with E-state index in [0.29, 0.717) is 11.2 Å². The van der Waals surface area contributed by atoms with Crippen LogP contribution in [0.5, 0.6) is 0 Å². The molecule has 0 aliphatic carbocycles. The van der Waals surface area contributed by atoms with Crippen molar-refractivity contribution in [3.8, 4) is 0 Å². The monoisotopic (exact) mass is 287 g/mol. The summed E-state index contributed by atoms with van der Waals surface area (Å²) in [5.41, 5.74) is 0. The Morgan fingerprint density at radius 2 is 2.06 bits per heavy atom. The van der Waals surface area contributed by atoms with Gasteiger partial charge in [0, 0.05) is 25.3 Å². The third-order valence-corrected chi connectivity index (χ3v) is 4.99. The Balaban J connectivity index is 1.97. The maximum atomic E-state index is 12.3. The normalized spacial score (nSPS) is 20.2. The van der Waals surface area contributed by atoms with Gasteiger partial charge in [-0.1, -0.05) is 11.6 Å². The average Bonchev–Trinajstić information content (AvgIpc) is 2.39. The molecule has 0 bridgehead atoms. The second-order valence-electron chi connectivity index (χ2n) is 4.69. The molecule has 1 fully saturated rings. The first-order valence-electron chi connectivity index (χ1n) is 6.03. The Kier molecular flexibility index (Phi) is 4.72. The molecule has 1 aromatic heterocycles. The summed E-state index contributed by atoms with van der Waals surface area (Å²) in [6, 6.07) is 4.06. The highest BCUT2D eigenvalue weighted by atomic mass is 35.5. The molecule has 0 radical (unpaired) electrons. The number of rotatable bonds is 3. The van der Waals surface area contributed by atoms with Gasteiger partial charge in [0.2, 0.25) is 0 Å². The van der Waals surface area contributed by atoms with Crippen LogP contribution in [-0.2, 0) is 11.0 Å². The number of hydrogen-bond acceptors (Lipinski definition) is 3. The minimum absolute atomic E-state index is 0.432. The molecule has 1 aliphatic heterocycles. The van der Waals surface area contributed by atoms with Gasteiger partial charge in [0.1, 0.15) is 16.1 Å². The lowest BCUT2D eigenvalue weighted by molar-refractivity contribution is 0.200. The Morgan fingerprint density at radius 1 is 1.39 bits per heavy atom. The summed E-state index contributed by atoms with van der Waals surface area (Å²) in [4.78, 5) is 6.94. The summed E-state index contributed by atoms with van der Waals surface area (Å²) >= 11 is 5.73. The van der Waals surface area contributed by atoms with Crippen molar-refractivity contribution in [1.82, 2.24) is 14.2 Å². The van der Waals surface area contributed by atoms with Crippen molar-refractivity contribution in [3.63, 3.8) is 0 Å². The molecule has 0 amide bonds. The molecule has 1 atom stereocenters. The molecule has 0 aromatic carbocycles. The van der Waals surface area contributed by atoms with Gasteiger partial charge in [-0.05, 0) is 39.1 Å². The summed E-state index contributed by atoms with van der Waals surface area (Å²) in [6.07, 6.45) is 3.70. The molecule has 2 heterocycles. The standard InChI is InChI=1S/C12H18ClN3OS/c1-15(2)10-5-7-16(8-6-10)18(17)11-3-4-12(13)14-9-11/h3-4,9-10H,5-8H2,1-2H3. The van der Waals surface area contributed by atoms with Gasteiger partial charge in [-0.15, -0.1) is 0 Å². The van der Waals surface area contributed by atoms with Crippen LogP contribution in [0.15, 0.2) is 23.2 Å². The lowest BCUT2D eigenvalue weighted by atomic mass is 10.1. The van der Waals surface area contributed by atoms with Crippen LogP contribution in [0.3, 0.4) is 0 Å². The fourth-order valence-electron chi connectivity index (χ4n) is 2.14. The third kappa shape index (κ3) is 3.29. The molecular weight excluding hydrogens is 270 g/mol. The second kappa shape index (κ2) is 6.10. The maximum absolute atomic E-state index is 12.3. The van der Waals surface area contributed by atoms with Crippen LogP contribution in [0.25, 0.3) is 0 Å². The first-order valence-corrected chi connectivity index (χ1v) is 7.51. The number of piperidine rings is 1. The Bertz CT molecular complexity index is 416. The van der Waals surface area contributed by atoms with Crippen LogP contribution in [-0.4, -0.2) is 51.6 Å². The molecule has 0 spiro atoms. The highest BCUT2D eigenvalue weighted by Crippen LogP contribution is 2.19. The summed E-state index contributed by atoms with van der Waals surface area (Å²) < 4.78 is 14.3. The zero-order valence-electron chi connectivity index (χ0n) is 10.7. The van der Waals surface area contributed by atoms with Crippen LogP contribution in [0.2, 0.25) is 5.15 Å². The lowest BCUT2D eigenvalue weighted by Gasteiger charge is -2.34. The zero-order valence-corrected chi connectivity index (χ0v) is 12.2. The molecule has 1 saturated heterocycles. The van der Waals surface area contributed by atoms with Crippen molar-refractivity contribution in [3.05, 3.63) is 23.5 Å². The van der Waals surface area contributed by atoms with E-state index in [1.54, 1.807) is 18.3 Å². The summed E-state index contributed by atoms with van der Waals surface area (Å²) in [5, 5.41) is 0.432.